The number of pyridine rings is 1. The van der Waals surface area contributed by atoms with Gasteiger partial charge in [0.05, 0.1) is 0 Å². The van der Waals surface area contributed by atoms with Crippen molar-refractivity contribution in [3.05, 3.63) is 66.0 Å². The molecule has 6 nitrogen and oxygen atoms in total. The number of unbranched alkanes of at least 4 members (excludes halogenated alkanes) is 1. The summed E-state index contributed by atoms with van der Waals surface area (Å²) in [5.74, 6) is 0.910. The molecule has 0 radical (unpaired) electrons. The van der Waals surface area contributed by atoms with Crippen molar-refractivity contribution < 1.29 is 0 Å². The molecule has 1 saturated heterocycles. The van der Waals surface area contributed by atoms with E-state index in [1.165, 1.54) is 31.6 Å². The molecule has 0 bridgehead atoms. The molecule has 0 amide bonds. The molecular formula is C25H38N6. The van der Waals surface area contributed by atoms with Gasteiger partial charge in [-0.3, -0.25) is 14.9 Å². The number of guanidine groups is 1. The zero-order chi connectivity index (χ0) is 21.6. The van der Waals surface area contributed by atoms with E-state index in [0.717, 1.165) is 63.8 Å². The van der Waals surface area contributed by atoms with Crippen LogP contribution in [0.4, 0.5) is 0 Å². The predicted octanol–water partition coefficient (Wildman–Crippen LogP) is 2.78. The first kappa shape index (κ1) is 23.2. The monoisotopic (exact) mass is 422 g/mol. The standard InChI is InChI=1S/C25H38N6/c1-2-26-25(29-16-13-24-12-6-7-14-27-24)28-15-8-9-17-30-18-20-31(21-19-30)22-23-10-4-3-5-11-23/h3-7,10-12,14H,2,8-9,13,15-22H2,1H3,(H2,26,28,29). The lowest BCUT2D eigenvalue weighted by molar-refractivity contribution is 0.126. The topological polar surface area (TPSA) is 55.8 Å². The third kappa shape index (κ3) is 9.07. The van der Waals surface area contributed by atoms with Crippen LogP contribution in [0.15, 0.2) is 59.7 Å². The van der Waals surface area contributed by atoms with Gasteiger partial charge in [0.1, 0.15) is 0 Å². The Morgan fingerprint density at radius 2 is 1.71 bits per heavy atom. The maximum Gasteiger partial charge on any atom is 0.191 e. The number of hydrogen-bond acceptors (Lipinski definition) is 4. The summed E-state index contributed by atoms with van der Waals surface area (Å²) in [6.07, 6.45) is 5.08. The summed E-state index contributed by atoms with van der Waals surface area (Å²) in [4.78, 5) is 14.3. The Morgan fingerprint density at radius 3 is 2.45 bits per heavy atom. The van der Waals surface area contributed by atoms with E-state index in [9.17, 15) is 0 Å². The van der Waals surface area contributed by atoms with Crippen LogP contribution in [0.1, 0.15) is 31.0 Å². The molecular weight excluding hydrogens is 384 g/mol. The Labute approximate surface area is 187 Å². The number of nitrogens with one attached hydrogen (secondary N) is 2. The number of piperazine rings is 1. The molecule has 2 heterocycles. The van der Waals surface area contributed by atoms with Gasteiger partial charge in [-0.05, 0) is 44.0 Å². The number of aliphatic imine (C=N–C) groups is 1. The van der Waals surface area contributed by atoms with Crippen molar-refractivity contribution in [2.24, 2.45) is 4.99 Å². The van der Waals surface area contributed by atoms with Crippen molar-refractivity contribution in [2.75, 3.05) is 52.4 Å². The number of rotatable bonds is 11. The average molecular weight is 423 g/mol. The van der Waals surface area contributed by atoms with Crippen molar-refractivity contribution in [3.8, 4) is 0 Å². The van der Waals surface area contributed by atoms with Gasteiger partial charge in [0.2, 0.25) is 0 Å². The summed E-state index contributed by atoms with van der Waals surface area (Å²) in [5.41, 5.74) is 2.52. The van der Waals surface area contributed by atoms with Gasteiger partial charge in [0.15, 0.2) is 5.96 Å². The third-order valence-corrected chi connectivity index (χ3v) is 5.61. The van der Waals surface area contributed by atoms with Crippen LogP contribution >= 0.6 is 0 Å². The fraction of sp³-hybridized carbons (Fsp3) is 0.520. The Bertz CT molecular complexity index is 741. The van der Waals surface area contributed by atoms with Crippen LogP contribution < -0.4 is 10.6 Å². The van der Waals surface area contributed by atoms with Crippen molar-refractivity contribution in [1.82, 2.24) is 25.4 Å². The smallest absolute Gasteiger partial charge is 0.191 e. The maximum absolute atomic E-state index is 4.73. The number of nitrogens with zero attached hydrogens (tertiary/aromatic N) is 4. The van der Waals surface area contributed by atoms with Crippen molar-refractivity contribution in [3.63, 3.8) is 0 Å². The average Bonchev–Trinajstić information content (AvgIpc) is 2.81. The lowest BCUT2D eigenvalue weighted by Crippen LogP contribution is -2.46. The number of benzene rings is 1. The molecule has 1 aromatic heterocycles. The summed E-state index contributed by atoms with van der Waals surface area (Å²) in [6, 6.07) is 16.8. The zero-order valence-electron chi connectivity index (χ0n) is 19.0. The van der Waals surface area contributed by atoms with Gasteiger partial charge in [-0.25, -0.2) is 0 Å². The molecule has 0 saturated carbocycles. The molecule has 6 heteroatoms. The van der Waals surface area contributed by atoms with Gasteiger partial charge in [-0.1, -0.05) is 36.4 Å². The molecule has 1 fully saturated rings. The lowest BCUT2D eigenvalue weighted by Gasteiger charge is -2.34. The maximum atomic E-state index is 4.73. The summed E-state index contributed by atoms with van der Waals surface area (Å²) in [6.45, 7) is 11.6. The Morgan fingerprint density at radius 1 is 0.935 bits per heavy atom. The molecule has 168 valence electrons. The van der Waals surface area contributed by atoms with E-state index in [1.807, 2.05) is 18.3 Å². The van der Waals surface area contributed by atoms with Gasteiger partial charge in [-0.2, -0.15) is 0 Å². The Balaban J connectivity index is 1.27. The van der Waals surface area contributed by atoms with E-state index >= 15 is 0 Å². The highest BCUT2D eigenvalue weighted by Crippen LogP contribution is 2.09. The minimum atomic E-state index is 0.843. The molecule has 1 aliphatic rings. The highest BCUT2D eigenvalue weighted by atomic mass is 15.3. The fourth-order valence-corrected chi connectivity index (χ4v) is 3.85. The van der Waals surface area contributed by atoms with Crippen LogP contribution in [0.5, 0.6) is 0 Å². The van der Waals surface area contributed by atoms with Crippen LogP contribution in [-0.2, 0) is 13.0 Å². The molecule has 0 aliphatic carbocycles. The van der Waals surface area contributed by atoms with E-state index in [2.05, 4.69) is 68.7 Å². The van der Waals surface area contributed by atoms with Gasteiger partial charge in [0.25, 0.3) is 0 Å². The van der Waals surface area contributed by atoms with Crippen LogP contribution in [-0.4, -0.2) is 73.1 Å². The normalized spacial score (nSPS) is 15.7. The Hall–Kier alpha value is -2.44. The first-order valence-corrected chi connectivity index (χ1v) is 11.7. The third-order valence-electron chi connectivity index (χ3n) is 5.61. The van der Waals surface area contributed by atoms with Crippen molar-refractivity contribution in [1.29, 1.82) is 0 Å². The van der Waals surface area contributed by atoms with E-state index in [-0.39, 0.29) is 0 Å². The number of aromatic nitrogens is 1. The second-order valence-electron chi connectivity index (χ2n) is 8.07. The quantitative estimate of drug-likeness (QED) is 0.331. The van der Waals surface area contributed by atoms with Crippen molar-refractivity contribution in [2.45, 2.75) is 32.7 Å². The minimum absolute atomic E-state index is 0.843. The SMILES string of the molecule is CCNC(=NCCCCN1CCN(Cc2ccccc2)CC1)NCCc1ccccn1. The summed E-state index contributed by atoms with van der Waals surface area (Å²) in [7, 11) is 0. The first-order chi connectivity index (χ1) is 15.3. The summed E-state index contributed by atoms with van der Waals surface area (Å²) >= 11 is 0. The van der Waals surface area contributed by atoms with E-state index in [1.54, 1.807) is 0 Å². The summed E-state index contributed by atoms with van der Waals surface area (Å²) < 4.78 is 0. The molecule has 2 N–H and O–H groups in total. The Kier molecular flexibility index (Phi) is 10.3. The van der Waals surface area contributed by atoms with Crippen LogP contribution in [0.3, 0.4) is 0 Å². The minimum Gasteiger partial charge on any atom is -0.357 e. The van der Waals surface area contributed by atoms with E-state index < -0.39 is 0 Å². The first-order valence-electron chi connectivity index (χ1n) is 11.7. The molecule has 0 spiro atoms. The molecule has 2 aromatic rings. The largest absolute Gasteiger partial charge is 0.357 e. The zero-order valence-corrected chi connectivity index (χ0v) is 19.0. The molecule has 0 atom stereocenters. The molecule has 1 aliphatic heterocycles. The second-order valence-corrected chi connectivity index (χ2v) is 8.07. The van der Waals surface area contributed by atoms with Crippen molar-refractivity contribution >= 4 is 5.96 Å². The highest BCUT2D eigenvalue weighted by Gasteiger charge is 2.16. The molecule has 0 unspecified atom stereocenters. The van der Waals surface area contributed by atoms with Crippen LogP contribution in [0.2, 0.25) is 0 Å². The van der Waals surface area contributed by atoms with Gasteiger partial charge in [0, 0.05) is 70.7 Å². The predicted molar refractivity (Wildman–Crippen MR) is 129 cm³/mol. The van der Waals surface area contributed by atoms with E-state index in [4.69, 9.17) is 4.99 Å². The van der Waals surface area contributed by atoms with E-state index in [0.29, 0.717) is 0 Å². The van der Waals surface area contributed by atoms with Crippen LogP contribution in [0, 0.1) is 0 Å². The van der Waals surface area contributed by atoms with Gasteiger partial charge >= 0.3 is 0 Å². The van der Waals surface area contributed by atoms with Gasteiger partial charge < -0.3 is 15.5 Å². The second kappa shape index (κ2) is 13.8. The number of hydrogen-bond donors (Lipinski definition) is 2. The molecule has 1 aromatic carbocycles. The summed E-state index contributed by atoms with van der Waals surface area (Å²) in [5, 5.41) is 6.75. The van der Waals surface area contributed by atoms with Crippen LogP contribution in [0.25, 0.3) is 0 Å². The molecule has 3 rings (SSSR count). The lowest BCUT2D eigenvalue weighted by atomic mass is 10.2. The fourth-order valence-electron chi connectivity index (χ4n) is 3.85. The van der Waals surface area contributed by atoms with Gasteiger partial charge in [-0.15, -0.1) is 0 Å². The molecule has 31 heavy (non-hydrogen) atoms. The highest BCUT2D eigenvalue weighted by molar-refractivity contribution is 5.79.